The Balaban J connectivity index is 2.02. The molecule has 0 bridgehead atoms. The lowest BCUT2D eigenvalue weighted by molar-refractivity contribution is 0.255. The molecule has 1 fully saturated rings. The van der Waals surface area contributed by atoms with Crippen LogP contribution in [0.4, 0.5) is 0 Å². The number of nitrogens with one attached hydrogen (secondary N) is 1. The third-order valence-electron chi connectivity index (χ3n) is 3.03. The number of hydrogen-bond donors (Lipinski definition) is 1. The van der Waals surface area contributed by atoms with Gasteiger partial charge in [-0.3, -0.25) is 4.21 Å². The Labute approximate surface area is 91.3 Å². The molecular weight excluding hydrogens is 210 g/mol. The summed E-state index contributed by atoms with van der Waals surface area (Å²) < 4.78 is 17.5. The van der Waals surface area contributed by atoms with Crippen LogP contribution in [0.3, 0.4) is 0 Å². The second-order valence-electron chi connectivity index (χ2n) is 3.90. The maximum absolute atomic E-state index is 11.8. The fourth-order valence-electron chi connectivity index (χ4n) is 2.27. The van der Waals surface area contributed by atoms with E-state index in [1.54, 1.807) is 0 Å². The van der Waals surface area contributed by atoms with E-state index in [0.717, 1.165) is 23.6 Å². The summed E-state index contributed by atoms with van der Waals surface area (Å²) in [6.07, 6.45) is 0. The molecule has 3 atom stereocenters. The highest BCUT2D eigenvalue weighted by atomic mass is 32.2. The van der Waals surface area contributed by atoms with E-state index >= 15 is 0 Å². The van der Waals surface area contributed by atoms with E-state index in [-0.39, 0.29) is 11.3 Å². The van der Waals surface area contributed by atoms with Crippen molar-refractivity contribution in [3.63, 3.8) is 0 Å². The highest BCUT2D eigenvalue weighted by Gasteiger charge is 2.36. The van der Waals surface area contributed by atoms with Crippen molar-refractivity contribution in [1.29, 1.82) is 0 Å². The molecule has 0 spiro atoms. The van der Waals surface area contributed by atoms with Gasteiger partial charge in [-0.1, -0.05) is 18.2 Å². The molecule has 2 heterocycles. The molecule has 2 aliphatic heterocycles. The molecule has 1 saturated heterocycles. The Morgan fingerprint density at radius 3 is 3.20 bits per heavy atom. The molecule has 0 saturated carbocycles. The highest BCUT2D eigenvalue weighted by Crippen LogP contribution is 2.35. The summed E-state index contributed by atoms with van der Waals surface area (Å²) in [6.45, 7) is 1.41. The van der Waals surface area contributed by atoms with E-state index in [9.17, 15) is 4.21 Å². The van der Waals surface area contributed by atoms with Gasteiger partial charge in [-0.05, 0) is 6.07 Å². The van der Waals surface area contributed by atoms with Crippen LogP contribution in [-0.4, -0.2) is 28.4 Å². The van der Waals surface area contributed by atoms with Gasteiger partial charge in [-0.25, -0.2) is 0 Å². The van der Waals surface area contributed by atoms with Crippen molar-refractivity contribution >= 4 is 10.8 Å². The van der Waals surface area contributed by atoms with E-state index in [1.807, 2.05) is 18.2 Å². The van der Waals surface area contributed by atoms with Crippen molar-refractivity contribution in [2.24, 2.45) is 0 Å². The van der Waals surface area contributed by atoms with Crippen LogP contribution in [0.25, 0.3) is 0 Å². The van der Waals surface area contributed by atoms with Gasteiger partial charge in [0.2, 0.25) is 0 Å². The zero-order valence-corrected chi connectivity index (χ0v) is 9.13. The van der Waals surface area contributed by atoms with E-state index in [1.165, 1.54) is 0 Å². The number of benzene rings is 1. The number of hydrogen-bond acceptors (Lipinski definition) is 3. The molecule has 1 aromatic carbocycles. The quantitative estimate of drug-likeness (QED) is 0.708. The Bertz CT molecular complexity index is 407. The Kier molecular flexibility index (Phi) is 2.25. The predicted molar refractivity (Wildman–Crippen MR) is 59.5 cm³/mol. The minimum absolute atomic E-state index is 0.119. The van der Waals surface area contributed by atoms with Crippen LogP contribution >= 0.6 is 0 Å². The second kappa shape index (κ2) is 3.61. The van der Waals surface area contributed by atoms with Gasteiger partial charge in [0, 0.05) is 28.7 Å². The van der Waals surface area contributed by atoms with E-state index in [4.69, 9.17) is 4.74 Å². The van der Waals surface area contributed by atoms with Gasteiger partial charge in [0.25, 0.3) is 0 Å². The molecule has 0 aliphatic carbocycles. The molecule has 80 valence electrons. The topological polar surface area (TPSA) is 38.3 Å². The van der Waals surface area contributed by atoms with Crippen molar-refractivity contribution in [1.82, 2.24) is 5.32 Å². The smallest absolute Gasteiger partial charge is 0.124 e. The molecule has 3 nitrogen and oxygen atoms in total. The van der Waals surface area contributed by atoms with Crippen molar-refractivity contribution in [2.75, 3.05) is 18.9 Å². The average Bonchev–Trinajstić information content (AvgIpc) is 2.29. The van der Waals surface area contributed by atoms with Crippen LogP contribution in [0.1, 0.15) is 11.6 Å². The molecule has 0 radical (unpaired) electrons. The Morgan fingerprint density at radius 1 is 1.40 bits per heavy atom. The number of para-hydroxylation sites is 1. The average molecular weight is 223 g/mol. The molecular formula is C11H13NO2S. The van der Waals surface area contributed by atoms with Crippen molar-refractivity contribution in [3.8, 4) is 5.75 Å². The number of ether oxygens (including phenoxy) is 1. The van der Waals surface area contributed by atoms with Gasteiger partial charge in [0.05, 0.1) is 11.3 Å². The SMILES string of the molecule is O=S1CCNC2c3ccccc3OCC21. The molecule has 4 heteroatoms. The molecule has 15 heavy (non-hydrogen) atoms. The second-order valence-corrected chi connectivity index (χ2v) is 5.68. The molecule has 0 amide bonds. The third-order valence-corrected chi connectivity index (χ3v) is 4.72. The largest absolute Gasteiger partial charge is 0.492 e. The van der Waals surface area contributed by atoms with E-state index in [2.05, 4.69) is 11.4 Å². The first-order valence-electron chi connectivity index (χ1n) is 5.18. The predicted octanol–water partition coefficient (Wildman–Crippen LogP) is 0.841. The minimum Gasteiger partial charge on any atom is -0.492 e. The van der Waals surface area contributed by atoms with Crippen molar-refractivity contribution < 1.29 is 8.95 Å². The van der Waals surface area contributed by atoms with Crippen LogP contribution in [0, 0.1) is 0 Å². The molecule has 0 aromatic heterocycles. The summed E-state index contributed by atoms with van der Waals surface area (Å²) in [6, 6.07) is 8.22. The van der Waals surface area contributed by atoms with Crippen molar-refractivity contribution in [2.45, 2.75) is 11.3 Å². The first-order chi connectivity index (χ1) is 7.36. The van der Waals surface area contributed by atoms with Crippen LogP contribution < -0.4 is 10.1 Å². The van der Waals surface area contributed by atoms with E-state index < -0.39 is 10.8 Å². The number of rotatable bonds is 0. The fourth-order valence-corrected chi connectivity index (χ4v) is 3.66. The number of fused-ring (bicyclic) bond motifs is 3. The Morgan fingerprint density at radius 2 is 2.27 bits per heavy atom. The summed E-state index contributed by atoms with van der Waals surface area (Å²) in [5.74, 6) is 1.68. The lowest BCUT2D eigenvalue weighted by Crippen LogP contribution is -2.48. The molecule has 1 aromatic rings. The maximum atomic E-state index is 11.8. The molecule has 3 unspecified atom stereocenters. The first-order valence-corrected chi connectivity index (χ1v) is 6.57. The van der Waals surface area contributed by atoms with Gasteiger partial charge < -0.3 is 10.1 Å². The first kappa shape index (κ1) is 9.36. The zero-order valence-electron chi connectivity index (χ0n) is 8.31. The summed E-state index contributed by atoms with van der Waals surface area (Å²) in [5.41, 5.74) is 1.15. The fraction of sp³-hybridized carbons (Fsp3) is 0.455. The normalized spacial score (nSPS) is 33.7. The van der Waals surface area contributed by atoms with E-state index in [0.29, 0.717) is 6.61 Å². The van der Waals surface area contributed by atoms with Crippen molar-refractivity contribution in [3.05, 3.63) is 29.8 Å². The van der Waals surface area contributed by atoms with Crippen LogP contribution in [0.2, 0.25) is 0 Å². The van der Waals surface area contributed by atoms with Crippen LogP contribution in [-0.2, 0) is 10.8 Å². The monoisotopic (exact) mass is 223 g/mol. The Hall–Kier alpha value is -0.870. The van der Waals surface area contributed by atoms with Gasteiger partial charge >= 0.3 is 0 Å². The lowest BCUT2D eigenvalue weighted by Gasteiger charge is -2.36. The lowest BCUT2D eigenvalue weighted by atomic mass is 10.00. The van der Waals surface area contributed by atoms with Crippen LogP contribution in [0.15, 0.2) is 24.3 Å². The zero-order chi connectivity index (χ0) is 10.3. The van der Waals surface area contributed by atoms with Gasteiger partial charge in [-0.15, -0.1) is 0 Å². The molecule has 2 aliphatic rings. The molecule has 1 N–H and O–H groups in total. The summed E-state index contributed by atoms with van der Waals surface area (Å²) in [7, 11) is -0.751. The minimum atomic E-state index is -0.751. The summed E-state index contributed by atoms with van der Waals surface area (Å²) in [4.78, 5) is 0. The van der Waals surface area contributed by atoms with Gasteiger partial charge in [0.1, 0.15) is 12.4 Å². The van der Waals surface area contributed by atoms with Gasteiger partial charge in [0.15, 0.2) is 0 Å². The summed E-state index contributed by atoms with van der Waals surface area (Å²) in [5, 5.41) is 3.55. The maximum Gasteiger partial charge on any atom is 0.124 e. The molecule has 3 rings (SSSR count). The standard InChI is InChI=1S/C11H13NO2S/c13-15-6-5-12-11-8-3-1-2-4-9(8)14-7-10(11)15/h1-4,10-12H,5-7H2. The third kappa shape index (κ3) is 1.48. The van der Waals surface area contributed by atoms with Gasteiger partial charge in [-0.2, -0.15) is 0 Å². The summed E-state index contributed by atoms with van der Waals surface area (Å²) >= 11 is 0. The highest BCUT2D eigenvalue weighted by molar-refractivity contribution is 7.85. The van der Waals surface area contributed by atoms with Crippen LogP contribution in [0.5, 0.6) is 5.75 Å².